The normalized spacial score (nSPS) is 20.6. The molecule has 0 radical (unpaired) electrons. The Hall–Kier alpha value is -0.120. The molecular weight excluding hydrogens is 178 g/mol. The van der Waals surface area contributed by atoms with Gasteiger partial charge in [-0.05, 0) is 18.9 Å². The smallest absolute Gasteiger partial charge is 0.159 e. The first-order chi connectivity index (χ1) is 6.74. The molecule has 1 fully saturated rings. The van der Waals surface area contributed by atoms with Crippen molar-refractivity contribution in [2.24, 2.45) is 5.92 Å². The fourth-order valence-corrected chi connectivity index (χ4v) is 1.67. The van der Waals surface area contributed by atoms with Crippen LogP contribution in [0.3, 0.4) is 0 Å². The van der Waals surface area contributed by atoms with E-state index < -0.39 is 0 Å². The predicted molar refractivity (Wildman–Crippen MR) is 57.2 cm³/mol. The summed E-state index contributed by atoms with van der Waals surface area (Å²) in [5.74, 6) is 0.634. The largest absolute Gasteiger partial charge is 0.350 e. The molecule has 14 heavy (non-hydrogen) atoms. The Morgan fingerprint density at radius 1 is 1.29 bits per heavy atom. The topological polar surface area (TPSA) is 30.5 Å². The van der Waals surface area contributed by atoms with E-state index in [2.05, 4.69) is 26.1 Å². The molecule has 0 saturated carbocycles. The summed E-state index contributed by atoms with van der Waals surface area (Å²) in [6, 6.07) is 0.512. The van der Waals surface area contributed by atoms with E-state index in [1.807, 2.05) is 0 Å². The van der Waals surface area contributed by atoms with Crippen molar-refractivity contribution < 1.29 is 9.47 Å². The van der Waals surface area contributed by atoms with Gasteiger partial charge in [0.2, 0.25) is 0 Å². The first kappa shape index (κ1) is 12.0. The van der Waals surface area contributed by atoms with Crippen LogP contribution in [0.25, 0.3) is 0 Å². The van der Waals surface area contributed by atoms with Gasteiger partial charge in [-0.3, -0.25) is 0 Å². The zero-order chi connectivity index (χ0) is 10.4. The van der Waals surface area contributed by atoms with E-state index in [0.717, 1.165) is 26.2 Å². The second-order valence-electron chi connectivity index (χ2n) is 4.21. The SMILES string of the molecule is CCCNC(CC1OCCO1)C(C)C. The molecule has 0 spiro atoms. The second kappa shape index (κ2) is 6.38. The number of hydrogen-bond donors (Lipinski definition) is 1. The lowest BCUT2D eigenvalue weighted by atomic mass is 10.0. The Bertz CT molecular complexity index is 144. The summed E-state index contributed by atoms with van der Waals surface area (Å²) in [4.78, 5) is 0. The number of hydrogen-bond acceptors (Lipinski definition) is 3. The fraction of sp³-hybridized carbons (Fsp3) is 1.00. The molecular formula is C11H23NO2. The van der Waals surface area contributed by atoms with Crippen molar-refractivity contribution in [3.8, 4) is 0 Å². The molecule has 1 atom stereocenters. The molecule has 1 rings (SSSR count). The predicted octanol–water partition coefficient (Wildman–Crippen LogP) is 1.77. The van der Waals surface area contributed by atoms with E-state index in [9.17, 15) is 0 Å². The van der Waals surface area contributed by atoms with E-state index in [1.54, 1.807) is 0 Å². The van der Waals surface area contributed by atoms with Crippen LogP contribution in [0.4, 0.5) is 0 Å². The van der Waals surface area contributed by atoms with E-state index in [4.69, 9.17) is 9.47 Å². The fourth-order valence-electron chi connectivity index (χ4n) is 1.67. The first-order valence-corrected chi connectivity index (χ1v) is 5.70. The standard InChI is InChI=1S/C11H23NO2/c1-4-5-12-10(9(2)3)8-11-13-6-7-14-11/h9-12H,4-8H2,1-3H3. The Morgan fingerprint density at radius 2 is 1.93 bits per heavy atom. The molecule has 0 bridgehead atoms. The highest BCUT2D eigenvalue weighted by molar-refractivity contribution is 4.73. The molecule has 0 aromatic rings. The third-order valence-electron chi connectivity index (χ3n) is 2.60. The molecule has 84 valence electrons. The summed E-state index contributed by atoms with van der Waals surface area (Å²) < 4.78 is 10.9. The van der Waals surface area contributed by atoms with Gasteiger partial charge in [0.05, 0.1) is 13.2 Å². The van der Waals surface area contributed by atoms with Gasteiger partial charge in [0, 0.05) is 12.5 Å². The summed E-state index contributed by atoms with van der Waals surface area (Å²) in [7, 11) is 0. The molecule has 1 aliphatic rings. The summed E-state index contributed by atoms with van der Waals surface area (Å²) in [5, 5.41) is 3.54. The van der Waals surface area contributed by atoms with Crippen molar-refractivity contribution in [2.45, 2.75) is 45.9 Å². The molecule has 1 N–H and O–H groups in total. The maximum atomic E-state index is 5.45. The van der Waals surface area contributed by atoms with Crippen LogP contribution in [0, 0.1) is 5.92 Å². The van der Waals surface area contributed by atoms with E-state index in [-0.39, 0.29) is 6.29 Å². The lowest BCUT2D eigenvalue weighted by molar-refractivity contribution is -0.0555. The minimum absolute atomic E-state index is 0.0201. The zero-order valence-corrected chi connectivity index (χ0v) is 9.58. The van der Waals surface area contributed by atoms with Crippen molar-refractivity contribution in [3.63, 3.8) is 0 Å². The highest BCUT2D eigenvalue weighted by atomic mass is 16.7. The van der Waals surface area contributed by atoms with Gasteiger partial charge in [0.25, 0.3) is 0 Å². The third kappa shape index (κ3) is 3.95. The number of rotatable bonds is 6. The van der Waals surface area contributed by atoms with Crippen LogP contribution in [0.2, 0.25) is 0 Å². The van der Waals surface area contributed by atoms with Crippen LogP contribution < -0.4 is 5.32 Å². The van der Waals surface area contributed by atoms with Gasteiger partial charge < -0.3 is 14.8 Å². The van der Waals surface area contributed by atoms with Crippen LogP contribution >= 0.6 is 0 Å². The summed E-state index contributed by atoms with van der Waals surface area (Å²) >= 11 is 0. The number of nitrogens with one attached hydrogen (secondary N) is 1. The summed E-state index contributed by atoms with van der Waals surface area (Å²) in [5.41, 5.74) is 0. The van der Waals surface area contributed by atoms with Crippen molar-refractivity contribution in [2.75, 3.05) is 19.8 Å². The molecule has 1 heterocycles. The van der Waals surface area contributed by atoms with Gasteiger partial charge in [-0.1, -0.05) is 20.8 Å². The van der Waals surface area contributed by atoms with E-state index in [0.29, 0.717) is 12.0 Å². The van der Waals surface area contributed by atoms with Crippen LogP contribution in [-0.4, -0.2) is 32.1 Å². The van der Waals surface area contributed by atoms with Gasteiger partial charge in [-0.15, -0.1) is 0 Å². The second-order valence-corrected chi connectivity index (χ2v) is 4.21. The minimum Gasteiger partial charge on any atom is -0.350 e. The molecule has 0 aliphatic carbocycles. The monoisotopic (exact) mass is 201 g/mol. The van der Waals surface area contributed by atoms with Crippen LogP contribution in [-0.2, 0) is 9.47 Å². The number of ether oxygens (including phenoxy) is 2. The Kier molecular flexibility index (Phi) is 5.45. The Balaban J connectivity index is 2.26. The van der Waals surface area contributed by atoms with E-state index in [1.165, 1.54) is 6.42 Å². The van der Waals surface area contributed by atoms with Crippen LogP contribution in [0.15, 0.2) is 0 Å². The maximum Gasteiger partial charge on any atom is 0.159 e. The molecule has 1 aliphatic heterocycles. The summed E-state index contributed by atoms with van der Waals surface area (Å²) in [6.45, 7) is 9.25. The average Bonchev–Trinajstić information content (AvgIpc) is 2.64. The third-order valence-corrected chi connectivity index (χ3v) is 2.60. The highest BCUT2D eigenvalue weighted by Crippen LogP contribution is 2.15. The molecule has 0 aromatic heterocycles. The van der Waals surface area contributed by atoms with Gasteiger partial charge in [0.15, 0.2) is 6.29 Å². The highest BCUT2D eigenvalue weighted by Gasteiger charge is 2.22. The van der Waals surface area contributed by atoms with Crippen molar-refractivity contribution >= 4 is 0 Å². The lowest BCUT2D eigenvalue weighted by Crippen LogP contribution is -2.37. The average molecular weight is 201 g/mol. The van der Waals surface area contributed by atoms with Crippen molar-refractivity contribution in [3.05, 3.63) is 0 Å². The molecule has 3 heteroatoms. The van der Waals surface area contributed by atoms with Crippen molar-refractivity contribution in [1.82, 2.24) is 5.32 Å². The Morgan fingerprint density at radius 3 is 2.43 bits per heavy atom. The minimum atomic E-state index is 0.0201. The van der Waals surface area contributed by atoms with Gasteiger partial charge >= 0.3 is 0 Å². The van der Waals surface area contributed by atoms with Crippen LogP contribution in [0.5, 0.6) is 0 Å². The molecule has 3 nitrogen and oxygen atoms in total. The maximum absolute atomic E-state index is 5.45. The van der Waals surface area contributed by atoms with Crippen LogP contribution in [0.1, 0.15) is 33.6 Å². The Labute approximate surface area is 87.2 Å². The van der Waals surface area contributed by atoms with Gasteiger partial charge in [-0.2, -0.15) is 0 Å². The van der Waals surface area contributed by atoms with Crippen molar-refractivity contribution in [1.29, 1.82) is 0 Å². The summed E-state index contributed by atoms with van der Waals surface area (Å²) in [6.07, 6.45) is 2.17. The molecule has 1 saturated heterocycles. The lowest BCUT2D eigenvalue weighted by Gasteiger charge is -2.24. The van der Waals surface area contributed by atoms with Gasteiger partial charge in [0.1, 0.15) is 0 Å². The van der Waals surface area contributed by atoms with E-state index >= 15 is 0 Å². The first-order valence-electron chi connectivity index (χ1n) is 5.70. The molecule has 0 aromatic carbocycles. The molecule has 0 amide bonds. The van der Waals surface area contributed by atoms with Gasteiger partial charge in [-0.25, -0.2) is 0 Å². The quantitative estimate of drug-likeness (QED) is 0.710. The molecule has 1 unspecified atom stereocenters. The zero-order valence-electron chi connectivity index (χ0n) is 9.58.